The molecular weight excluding hydrogens is 308 g/mol. The van der Waals surface area contributed by atoms with Gasteiger partial charge in [0.2, 0.25) is 5.75 Å². The van der Waals surface area contributed by atoms with Crippen LogP contribution >= 0.6 is 0 Å². The van der Waals surface area contributed by atoms with E-state index >= 15 is 0 Å². The van der Waals surface area contributed by atoms with E-state index < -0.39 is 10.1 Å². The van der Waals surface area contributed by atoms with Crippen LogP contribution in [0.4, 0.5) is 0 Å². The first-order valence-corrected chi connectivity index (χ1v) is 8.65. The first-order valence-electron chi connectivity index (χ1n) is 7.21. The number of aromatic hydroxyl groups is 1. The van der Waals surface area contributed by atoms with Crippen LogP contribution in [0.2, 0.25) is 0 Å². The second kappa shape index (κ2) is 7.19. The normalized spacial score (nSPS) is 13.0. The van der Waals surface area contributed by atoms with Gasteiger partial charge in [0, 0.05) is 5.56 Å². The first-order chi connectivity index (χ1) is 10.2. The van der Waals surface area contributed by atoms with Crippen molar-refractivity contribution >= 4 is 10.1 Å². The highest BCUT2D eigenvalue weighted by Crippen LogP contribution is 2.49. The zero-order valence-electron chi connectivity index (χ0n) is 13.6. The Hall–Kier alpha value is -1.47. The SMILES string of the molecule is CCCc1c(C(C)CC)c(O)c(OC)c(OC)c1S(=O)(=O)O. The topological polar surface area (TPSA) is 93.1 Å². The molecule has 0 fully saturated rings. The molecule has 1 unspecified atom stereocenters. The molecule has 1 aromatic carbocycles. The van der Waals surface area contributed by atoms with Gasteiger partial charge < -0.3 is 14.6 Å². The van der Waals surface area contributed by atoms with Crippen LogP contribution in [0, 0.1) is 0 Å². The quantitative estimate of drug-likeness (QED) is 0.745. The summed E-state index contributed by atoms with van der Waals surface area (Å²) in [7, 11) is -1.95. The Bertz CT molecular complexity index is 636. The maximum Gasteiger partial charge on any atom is 0.298 e. The molecule has 0 aromatic heterocycles. The van der Waals surface area contributed by atoms with Gasteiger partial charge in [0.25, 0.3) is 10.1 Å². The van der Waals surface area contributed by atoms with Crippen molar-refractivity contribution in [2.24, 2.45) is 0 Å². The van der Waals surface area contributed by atoms with Crippen molar-refractivity contribution in [3.05, 3.63) is 11.1 Å². The van der Waals surface area contributed by atoms with E-state index in [-0.39, 0.29) is 28.1 Å². The smallest absolute Gasteiger partial charge is 0.298 e. The summed E-state index contributed by atoms with van der Waals surface area (Å²) in [6.45, 7) is 5.71. The first kappa shape index (κ1) is 18.6. The molecule has 0 radical (unpaired) electrons. The average Bonchev–Trinajstić information content (AvgIpc) is 2.44. The van der Waals surface area contributed by atoms with Crippen molar-refractivity contribution < 1.29 is 27.6 Å². The minimum Gasteiger partial charge on any atom is -0.504 e. The fraction of sp³-hybridized carbons (Fsp3) is 0.600. The third kappa shape index (κ3) is 3.30. The Morgan fingerprint density at radius 1 is 1.14 bits per heavy atom. The number of methoxy groups -OCH3 is 2. The molecule has 0 bridgehead atoms. The third-order valence-corrected chi connectivity index (χ3v) is 4.70. The molecule has 0 aliphatic heterocycles. The number of hydrogen-bond acceptors (Lipinski definition) is 5. The van der Waals surface area contributed by atoms with E-state index in [1.165, 1.54) is 14.2 Å². The highest BCUT2D eigenvalue weighted by Gasteiger charge is 2.32. The van der Waals surface area contributed by atoms with Gasteiger partial charge in [-0.1, -0.05) is 27.2 Å². The molecule has 22 heavy (non-hydrogen) atoms. The molecule has 6 nitrogen and oxygen atoms in total. The Kier molecular flexibility index (Phi) is 6.08. The predicted octanol–water partition coefficient (Wildman–Crippen LogP) is 3.12. The summed E-state index contributed by atoms with van der Waals surface area (Å²) >= 11 is 0. The van der Waals surface area contributed by atoms with Gasteiger partial charge in [-0.2, -0.15) is 8.42 Å². The van der Waals surface area contributed by atoms with Gasteiger partial charge in [-0.05, 0) is 24.3 Å². The zero-order valence-corrected chi connectivity index (χ0v) is 14.5. The van der Waals surface area contributed by atoms with Gasteiger partial charge in [-0.15, -0.1) is 0 Å². The number of benzene rings is 1. The Morgan fingerprint density at radius 3 is 2.05 bits per heavy atom. The minimum atomic E-state index is -4.53. The maximum atomic E-state index is 11.9. The second-order valence-electron chi connectivity index (χ2n) is 5.17. The molecule has 126 valence electrons. The van der Waals surface area contributed by atoms with Crippen molar-refractivity contribution in [2.45, 2.75) is 50.8 Å². The summed E-state index contributed by atoms with van der Waals surface area (Å²) < 4.78 is 43.7. The molecule has 1 atom stereocenters. The summed E-state index contributed by atoms with van der Waals surface area (Å²) in [5, 5.41) is 10.5. The van der Waals surface area contributed by atoms with Crippen LogP contribution in [0.5, 0.6) is 17.2 Å². The lowest BCUT2D eigenvalue weighted by Crippen LogP contribution is -2.12. The zero-order chi connectivity index (χ0) is 17.1. The number of phenolic OH excluding ortho intramolecular Hbond substituents is 1. The standard InChI is InChI=1S/C15H24O6S/c1-6-8-10-11(9(3)7-2)12(16)13(20-4)14(21-5)15(10)22(17,18)19/h9,16H,6-8H2,1-5H3,(H,17,18,19). The lowest BCUT2D eigenvalue weighted by molar-refractivity contribution is 0.320. The van der Waals surface area contributed by atoms with Gasteiger partial charge in [-0.25, -0.2) is 0 Å². The average molecular weight is 332 g/mol. The summed E-state index contributed by atoms with van der Waals surface area (Å²) in [5.74, 6) is -0.477. The van der Waals surface area contributed by atoms with E-state index in [2.05, 4.69) is 0 Å². The minimum absolute atomic E-state index is 0.0784. The van der Waals surface area contributed by atoms with Crippen molar-refractivity contribution in [1.29, 1.82) is 0 Å². The number of ether oxygens (including phenoxy) is 2. The second-order valence-corrected chi connectivity index (χ2v) is 6.53. The third-order valence-electron chi connectivity index (χ3n) is 3.75. The van der Waals surface area contributed by atoms with Crippen LogP contribution in [-0.2, 0) is 16.5 Å². The van der Waals surface area contributed by atoms with Gasteiger partial charge in [0.15, 0.2) is 11.5 Å². The van der Waals surface area contributed by atoms with Crippen molar-refractivity contribution in [2.75, 3.05) is 14.2 Å². The number of hydrogen-bond donors (Lipinski definition) is 2. The van der Waals surface area contributed by atoms with E-state index in [1.807, 2.05) is 20.8 Å². The van der Waals surface area contributed by atoms with Gasteiger partial charge in [0.05, 0.1) is 14.2 Å². The highest BCUT2D eigenvalue weighted by molar-refractivity contribution is 7.86. The lowest BCUT2D eigenvalue weighted by atomic mass is 9.90. The van der Waals surface area contributed by atoms with E-state index in [0.29, 0.717) is 30.4 Å². The van der Waals surface area contributed by atoms with E-state index in [4.69, 9.17) is 9.47 Å². The highest BCUT2D eigenvalue weighted by atomic mass is 32.2. The Labute approximate surface area is 131 Å². The Morgan fingerprint density at radius 2 is 1.68 bits per heavy atom. The number of phenols is 1. The molecule has 1 rings (SSSR count). The molecular formula is C15H24O6S. The molecule has 0 aliphatic carbocycles. The van der Waals surface area contributed by atoms with Crippen LogP contribution in [0.3, 0.4) is 0 Å². The summed E-state index contributed by atoms with van der Waals surface area (Å²) in [5.41, 5.74) is 0.865. The molecule has 0 saturated carbocycles. The molecule has 1 aromatic rings. The summed E-state index contributed by atoms with van der Waals surface area (Å²) in [4.78, 5) is -0.318. The van der Waals surface area contributed by atoms with Crippen LogP contribution in [0.1, 0.15) is 50.7 Å². The molecule has 7 heteroatoms. The fourth-order valence-corrected chi connectivity index (χ4v) is 3.55. The van der Waals surface area contributed by atoms with Crippen LogP contribution < -0.4 is 9.47 Å². The predicted molar refractivity (Wildman–Crippen MR) is 83.7 cm³/mol. The number of rotatable bonds is 7. The van der Waals surface area contributed by atoms with Gasteiger partial charge in [0.1, 0.15) is 4.90 Å². The molecule has 0 amide bonds. The van der Waals surface area contributed by atoms with Crippen LogP contribution in [-0.4, -0.2) is 32.3 Å². The van der Waals surface area contributed by atoms with Crippen LogP contribution in [0.15, 0.2) is 4.90 Å². The molecule has 0 spiro atoms. The monoisotopic (exact) mass is 332 g/mol. The lowest BCUT2D eigenvalue weighted by Gasteiger charge is -2.23. The van der Waals surface area contributed by atoms with E-state index in [1.54, 1.807) is 0 Å². The summed E-state index contributed by atoms with van der Waals surface area (Å²) in [6, 6.07) is 0. The fourth-order valence-electron chi connectivity index (χ4n) is 2.62. The van der Waals surface area contributed by atoms with Crippen molar-refractivity contribution in [3.8, 4) is 17.2 Å². The van der Waals surface area contributed by atoms with Crippen molar-refractivity contribution in [3.63, 3.8) is 0 Å². The molecule has 0 saturated heterocycles. The maximum absolute atomic E-state index is 11.9. The Balaban J connectivity index is 4.01. The molecule has 0 aliphatic rings. The molecule has 2 N–H and O–H groups in total. The largest absolute Gasteiger partial charge is 0.504 e. The molecule has 0 heterocycles. The van der Waals surface area contributed by atoms with Gasteiger partial charge in [-0.3, -0.25) is 4.55 Å². The summed E-state index contributed by atoms with van der Waals surface area (Å²) in [6.07, 6.45) is 1.74. The van der Waals surface area contributed by atoms with E-state index in [9.17, 15) is 18.1 Å². The van der Waals surface area contributed by atoms with Crippen molar-refractivity contribution in [1.82, 2.24) is 0 Å². The van der Waals surface area contributed by atoms with Crippen LogP contribution in [0.25, 0.3) is 0 Å². The van der Waals surface area contributed by atoms with E-state index in [0.717, 1.165) is 0 Å². The van der Waals surface area contributed by atoms with Gasteiger partial charge >= 0.3 is 0 Å².